The van der Waals surface area contributed by atoms with Crippen molar-refractivity contribution in [2.75, 3.05) is 52.2 Å². The van der Waals surface area contributed by atoms with E-state index in [9.17, 15) is 52.8 Å². The van der Waals surface area contributed by atoms with E-state index in [0.717, 1.165) is 24.4 Å². The van der Waals surface area contributed by atoms with Gasteiger partial charge in [-0.2, -0.15) is 13.1 Å². The number of hydrogen-bond acceptors (Lipinski definition) is 18. The molecule has 1 aliphatic heterocycles. The molecule has 3 aromatic carbocycles. The van der Waals surface area contributed by atoms with Crippen molar-refractivity contribution in [2.45, 2.75) is 83.8 Å². The predicted octanol–water partition coefficient (Wildman–Crippen LogP) is -0.660. The van der Waals surface area contributed by atoms with Gasteiger partial charge in [0.05, 0.1) is 12.3 Å². The summed E-state index contributed by atoms with van der Waals surface area (Å²) >= 11 is 0. The van der Waals surface area contributed by atoms with E-state index in [-0.39, 0.29) is 82.6 Å². The minimum Gasteiger partial charge on any atom is -0.504 e. The third-order valence-corrected chi connectivity index (χ3v) is 12.2. The molecular weight excluding hydrogens is 987 g/mol. The van der Waals surface area contributed by atoms with Crippen LogP contribution >= 0.6 is 0 Å². The molecule has 0 saturated carbocycles. The standard InChI is InChI=1S/C48H65N11O14S/c1-24-38(41(51)58-42(54-24)27-8-10-31(11-9-27)71-14-13-48(3,4)5)44(64)57-35(21-53-74(52,69)70)46(66)59(6)39-28-17-33(40(62)37(18-28)73-23-30(61)20-50)32-15-26(7-12-36(32)72-22-29(60)19-49)16-34(47(67)68)56-43(63)25(2)55-45(39)65/h7-12,15,17-18,25,29-30,34-35,39,53,60-62H,13-14,16,19-23,49-50H2,1-6H3,(H,55,65)(H,56,63)(H,57,64)(H,67,68)(H2,51,54,58)(H2,52,69,70)/t25-,29+,30+,34-,35-,39-/m0/s1. The number of phenolic OH excluding ortho intramolecular Hbond substituents is 1. The zero-order chi connectivity index (χ0) is 54.8. The number of likely N-dealkylation sites (N-methyl/N-ethyl adjacent to an activating group) is 1. The van der Waals surface area contributed by atoms with Gasteiger partial charge in [-0.25, -0.2) is 19.9 Å². The lowest BCUT2D eigenvalue weighted by Crippen LogP contribution is -2.57. The van der Waals surface area contributed by atoms with Gasteiger partial charge >= 0.3 is 5.97 Å². The van der Waals surface area contributed by atoms with Crippen LogP contribution in [0.15, 0.2) is 54.6 Å². The second-order valence-corrected chi connectivity index (χ2v) is 20.2. The Morgan fingerprint density at radius 1 is 0.905 bits per heavy atom. The molecule has 2 heterocycles. The first-order valence-corrected chi connectivity index (χ1v) is 24.8. The number of amides is 4. The number of aromatic hydroxyl groups is 1. The number of carbonyl (C=O) groups is 5. The number of carboxylic acid groups (broad SMARTS) is 1. The molecule has 0 saturated heterocycles. The van der Waals surface area contributed by atoms with Crippen molar-refractivity contribution in [2.24, 2.45) is 22.0 Å². The lowest BCUT2D eigenvalue weighted by Gasteiger charge is -2.33. The van der Waals surface area contributed by atoms with Gasteiger partial charge in [0.2, 0.25) is 17.7 Å². The molecule has 1 aromatic heterocycles. The second-order valence-electron chi connectivity index (χ2n) is 18.8. The van der Waals surface area contributed by atoms with Crippen molar-refractivity contribution in [1.82, 2.24) is 35.5 Å². The maximum absolute atomic E-state index is 14.9. The molecule has 16 N–H and O–H groups in total. The molecule has 5 rings (SSSR count). The number of carbonyl (C=O) groups excluding carboxylic acids is 4. The quantitative estimate of drug-likeness (QED) is 0.0523. The molecule has 0 radical (unpaired) electrons. The molecule has 0 spiro atoms. The van der Waals surface area contributed by atoms with Crippen molar-refractivity contribution in [3.8, 4) is 45.5 Å². The summed E-state index contributed by atoms with van der Waals surface area (Å²) < 4.78 is 44.2. The van der Waals surface area contributed by atoms with Crippen LogP contribution in [0.25, 0.3) is 22.5 Å². The van der Waals surface area contributed by atoms with Gasteiger partial charge in [0.25, 0.3) is 16.1 Å². The third-order valence-electron chi connectivity index (χ3n) is 11.6. The first kappa shape index (κ1) is 57.7. The Balaban J connectivity index is 1.62. The molecule has 4 bridgehead atoms. The largest absolute Gasteiger partial charge is 0.504 e. The molecule has 4 aromatic rings. The minimum atomic E-state index is -4.55. The molecule has 25 nitrogen and oxygen atoms in total. The number of nitrogens with two attached hydrogens (primary N) is 4. The zero-order valence-electron chi connectivity index (χ0n) is 41.7. The van der Waals surface area contributed by atoms with Crippen LogP contribution in [0.5, 0.6) is 23.0 Å². The Bertz CT molecular complexity index is 2790. The van der Waals surface area contributed by atoms with Crippen LogP contribution in [0.3, 0.4) is 0 Å². The number of fused-ring (bicyclic) bond motifs is 5. The summed E-state index contributed by atoms with van der Waals surface area (Å²) in [6, 6.07) is 6.83. The van der Waals surface area contributed by atoms with Gasteiger partial charge in [0.15, 0.2) is 17.3 Å². The monoisotopic (exact) mass is 1050 g/mol. The summed E-state index contributed by atoms with van der Waals surface area (Å²) in [6.07, 6.45) is -1.91. The summed E-state index contributed by atoms with van der Waals surface area (Å²) in [7, 11) is -3.44. The number of benzene rings is 3. The number of aliphatic hydroxyl groups excluding tert-OH is 2. The molecule has 26 heteroatoms. The lowest BCUT2D eigenvalue weighted by atomic mass is 9.93. The van der Waals surface area contributed by atoms with Gasteiger partial charge in [-0.05, 0) is 85.3 Å². The molecule has 0 unspecified atom stereocenters. The minimum absolute atomic E-state index is 0.00157. The van der Waals surface area contributed by atoms with Crippen LogP contribution in [-0.2, 0) is 35.8 Å². The number of anilines is 1. The number of nitrogens with one attached hydrogen (secondary N) is 4. The average Bonchev–Trinajstić information content (AvgIpc) is 3.32. The fraction of sp³-hybridized carbons (Fsp3) is 0.438. The fourth-order valence-electron chi connectivity index (χ4n) is 7.48. The van der Waals surface area contributed by atoms with E-state index in [1.54, 1.807) is 24.3 Å². The van der Waals surface area contributed by atoms with Gasteiger partial charge in [0, 0.05) is 49.8 Å². The van der Waals surface area contributed by atoms with E-state index in [4.69, 9.17) is 36.6 Å². The number of aliphatic carboxylic acids is 1. The number of aliphatic hydroxyl groups is 2. The number of hydrogen-bond donors (Lipinski definition) is 12. The number of phenols is 1. The first-order chi connectivity index (χ1) is 34.7. The maximum Gasteiger partial charge on any atom is 0.326 e. The van der Waals surface area contributed by atoms with Crippen LogP contribution in [-0.4, -0.2) is 150 Å². The molecule has 402 valence electrons. The number of aromatic nitrogens is 2. The molecule has 0 aliphatic carbocycles. The maximum atomic E-state index is 14.9. The van der Waals surface area contributed by atoms with Gasteiger partial charge in [0.1, 0.15) is 72.5 Å². The highest BCUT2D eigenvalue weighted by Gasteiger charge is 2.38. The Hall–Kier alpha value is -7.20. The molecule has 1 aliphatic rings. The van der Waals surface area contributed by atoms with Crippen molar-refractivity contribution < 1.29 is 67.0 Å². The number of nitrogens with zero attached hydrogens (tertiary/aromatic N) is 3. The smallest absolute Gasteiger partial charge is 0.326 e. The number of rotatable bonds is 20. The van der Waals surface area contributed by atoms with Crippen LogP contribution in [0.1, 0.15) is 67.3 Å². The highest BCUT2D eigenvalue weighted by atomic mass is 32.2. The van der Waals surface area contributed by atoms with E-state index in [2.05, 4.69) is 46.7 Å². The van der Waals surface area contributed by atoms with E-state index < -0.39 is 95.1 Å². The summed E-state index contributed by atoms with van der Waals surface area (Å²) in [6.45, 7) is 7.29. The summed E-state index contributed by atoms with van der Waals surface area (Å²) in [5.74, 6) is -6.20. The SMILES string of the molecule is Cc1nc(-c2ccc(OCCC(C)(C)C)cc2)nc(N)c1C(=O)N[C@@H](CNS(N)(=O)=O)C(=O)N(C)[C@@H]1C(=O)N[C@@H](C)C(=O)N[C@H](C(=O)O)Cc2ccc(OC[C@H](O)CN)c(c2)-c2cc1cc(OC[C@H](O)CN)c2O. The Morgan fingerprint density at radius 3 is 2.12 bits per heavy atom. The molecule has 6 atom stereocenters. The lowest BCUT2D eigenvalue weighted by molar-refractivity contribution is -0.143. The van der Waals surface area contributed by atoms with Crippen LogP contribution in [0.4, 0.5) is 5.82 Å². The van der Waals surface area contributed by atoms with Gasteiger partial charge in [-0.3, -0.25) is 19.2 Å². The van der Waals surface area contributed by atoms with E-state index in [0.29, 0.717) is 23.5 Å². The summed E-state index contributed by atoms with van der Waals surface area (Å²) in [5.41, 5.74) is 18.0. The van der Waals surface area contributed by atoms with Crippen LogP contribution in [0.2, 0.25) is 0 Å². The Kier molecular flexibility index (Phi) is 19.2. The van der Waals surface area contributed by atoms with Crippen molar-refractivity contribution >= 4 is 45.6 Å². The van der Waals surface area contributed by atoms with E-state index >= 15 is 0 Å². The number of aryl methyl sites for hydroxylation is 1. The first-order valence-electron chi connectivity index (χ1n) is 23.3. The molecule has 4 amide bonds. The Labute approximate surface area is 427 Å². The normalized spacial score (nSPS) is 17.4. The van der Waals surface area contributed by atoms with Gasteiger partial charge in [-0.15, -0.1) is 0 Å². The van der Waals surface area contributed by atoms with Crippen molar-refractivity contribution in [3.05, 3.63) is 77.0 Å². The number of nitrogen functional groups attached to an aromatic ring is 1. The highest BCUT2D eigenvalue weighted by molar-refractivity contribution is 7.87. The van der Waals surface area contributed by atoms with Crippen LogP contribution < -0.4 is 57.2 Å². The predicted molar refractivity (Wildman–Crippen MR) is 270 cm³/mol. The van der Waals surface area contributed by atoms with E-state index in [1.807, 2.05) is 4.72 Å². The molecule has 0 fully saturated rings. The van der Waals surface area contributed by atoms with Crippen molar-refractivity contribution in [1.29, 1.82) is 0 Å². The Morgan fingerprint density at radius 2 is 1.54 bits per heavy atom. The topological polar surface area (TPSA) is 409 Å². The summed E-state index contributed by atoms with van der Waals surface area (Å²) in [5, 5.41) is 55.4. The number of carboxylic acids is 1. The molecular formula is C48H65N11O14S. The third kappa shape index (κ3) is 15.4. The van der Waals surface area contributed by atoms with Crippen LogP contribution in [0, 0.1) is 12.3 Å². The van der Waals surface area contributed by atoms with Gasteiger partial charge < -0.3 is 72.7 Å². The second kappa shape index (κ2) is 24.7. The zero-order valence-corrected chi connectivity index (χ0v) is 42.6. The molecule has 74 heavy (non-hydrogen) atoms. The van der Waals surface area contributed by atoms with Crippen molar-refractivity contribution in [3.63, 3.8) is 0 Å². The van der Waals surface area contributed by atoms with E-state index in [1.165, 1.54) is 38.1 Å². The fourth-order valence-corrected chi connectivity index (χ4v) is 7.87. The van der Waals surface area contributed by atoms with Gasteiger partial charge in [-0.1, -0.05) is 26.8 Å². The number of ether oxygens (including phenoxy) is 3. The highest BCUT2D eigenvalue weighted by Crippen LogP contribution is 2.45. The average molecular weight is 1050 g/mol. The summed E-state index contributed by atoms with van der Waals surface area (Å²) in [4.78, 5) is 79.5.